The van der Waals surface area contributed by atoms with E-state index >= 15 is 0 Å². The molecular formula is C13H15FN2OS. The minimum absolute atomic E-state index is 0.0322. The van der Waals surface area contributed by atoms with Crippen molar-refractivity contribution in [1.82, 2.24) is 10.2 Å². The summed E-state index contributed by atoms with van der Waals surface area (Å²) in [4.78, 5) is 1.97. The summed E-state index contributed by atoms with van der Waals surface area (Å²) in [5.74, 6) is 0.0406. The van der Waals surface area contributed by atoms with Crippen molar-refractivity contribution >= 4 is 17.3 Å². The van der Waals surface area contributed by atoms with Crippen molar-refractivity contribution in [3.63, 3.8) is 0 Å². The summed E-state index contributed by atoms with van der Waals surface area (Å²) < 4.78 is 19.8. The van der Waals surface area contributed by atoms with Gasteiger partial charge in [0, 0.05) is 18.5 Å². The Labute approximate surface area is 111 Å². The minimum Gasteiger partial charge on any atom is -0.465 e. The first-order valence-corrected chi connectivity index (χ1v) is 6.51. The molecule has 2 bridgehead atoms. The summed E-state index contributed by atoms with van der Waals surface area (Å²) in [6.45, 7) is 4.71. The van der Waals surface area contributed by atoms with Crippen LogP contribution in [0.15, 0.2) is 18.2 Å². The number of nitrogens with one attached hydrogen (secondary N) is 1. The highest BCUT2D eigenvalue weighted by molar-refractivity contribution is 7.80. The highest BCUT2D eigenvalue weighted by Crippen LogP contribution is 2.44. The van der Waals surface area contributed by atoms with Gasteiger partial charge in [0.2, 0.25) is 0 Å². The maximum absolute atomic E-state index is 13.9. The number of nitrogens with zero attached hydrogens (tertiary/aromatic N) is 1. The molecule has 0 saturated carbocycles. The van der Waals surface area contributed by atoms with E-state index in [0.717, 1.165) is 18.5 Å². The number of rotatable bonds is 1. The molecule has 0 spiro atoms. The number of benzene rings is 1. The van der Waals surface area contributed by atoms with Crippen LogP contribution >= 0.6 is 12.2 Å². The molecule has 0 amide bonds. The number of ether oxygens (including phenoxy) is 1. The molecule has 1 aromatic carbocycles. The van der Waals surface area contributed by atoms with Crippen LogP contribution in [0.2, 0.25) is 0 Å². The number of para-hydroxylation sites is 1. The third kappa shape index (κ3) is 1.50. The fourth-order valence-electron chi connectivity index (χ4n) is 2.87. The van der Waals surface area contributed by atoms with E-state index in [0.29, 0.717) is 10.9 Å². The average Bonchev–Trinajstić information content (AvgIpc) is 2.30. The van der Waals surface area contributed by atoms with Crippen LogP contribution < -0.4 is 10.1 Å². The fourth-order valence-corrected chi connectivity index (χ4v) is 3.34. The van der Waals surface area contributed by atoms with E-state index in [-0.39, 0.29) is 11.9 Å². The topological polar surface area (TPSA) is 24.5 Å². The summed E-state index contributed by atoms with van der Waals surface area (Å²) in [5.41, 5.74) is 0.294. The summed E-state index contributed by atoms with van der Waals surface area (Å²) in [7, 11) is 0. The molecule has 1 fully saturated rings. The molecule has 2 unspecified atom stereocenters. The Morgan fingerprint density at radius 2 is 2.39 bits per heavy atom. The van der Waals surface area contributed by atoms with Gasteiger partial charge in [0.25, 0.3) is 0 Å². The van der Waals surface area contributed by atoms with Gasteiger partial charge in [-0.05, 0) is 32.1 Å². The maximum Gasteiger partial charge on any atom is 0.184 e. The molecule has 3 rings (SSSR count). The molecule has 2 atom stereocenters. The molecule has 96 valence electrons. The molecule has 1 saturated heterocycles. The molecule has 3 nitrogen and oxygen atoms in total. The van der Waals surface area contributed by atoms with E-state index in [2.05, 4.69) is 5.32 Å². The monoisotopic (exact) mass is 266 g/mol. The van der Waals surface area contributed by atoms with Crippen LogP contribution in [-0.2, 0) is 0 Å². The number of halogens is 1. The van der Waals surface area contributed by atoms with E-state index in [1.165, 1.54) is 6.07 Å². The number of thiocarbonyl (C=S) groups is 1. The predicted octanol–water partition coefficient (Wildman–Crippen LogP) is 2.58. The van der Waals surface area contributed by atoms with Gasteiger partial charge in [-0.2, -0.15) is 0 Å². The van der Waals surface area contributed by atoms with E-state index in [1.54, 1.807) is 6.07 Å². The smallest absolute Gasteiger partial charge is 0.184 e. The average molecular weight is 266 g/mol. The third-order valence-corrected chi connectivity index (χ3v) is 4.05. The molecule has 1 aromatic rings. The zero-order valence-corrected chi connectivity index (χ0v) is 11.2. The molecule has 2 aliphatic rings. The van der Waals surface area contributed by atoms with Crippen molar-refractivity contribution in [2.24, 2.45) is 0 Å². The lowest BCUT2D eigenvalue weighted by Gasteiger charge is -2.52. The predicted molar refractivity (Wildman–Crippen MR) is 70.9 cm³/mol. The van der Waals surface area contributed by atoms with Gasteiger partial charge < -0.3 is 15.0 Å². The molecule has 1 N–H and O–H groups in total. The second-order valence-corrected chi connectivity index (χ2v) is 5.27. The number of hydrogen-bond donors (Lipinski definition) is 1. The van der Waals surface area contributed by atoms with Gasteiger partial charge in [0.05, 0.1) is 6.04 Å². The van der Waals surface area contributed by atoms with Crippen LogP contribution in [0.5, 0.6) is 5.75 Å². The van der Waals surface area contributed by atoms with E-state index in [4.69, 9.17) is 17.0 Å². The van der Waals surface area contributed by atoms with Gasteiger partial charge in [0.15, 0.2) is 22.4 Å². The van der Waals surface area contributed by atoms with Gasteiger partial charge in [-0.25, -0.2) is 4.39 Å². The van der Waals surface area contributed by atoms with E-state index in [9.17, 15) is 4.39 Å². The van der Waals surface area contributed by atoms with E-state index < -0.39 is 5.72 Å². The Bertz CT molecular complexity index is 522. The van der Waals surface area contributed by atoms with Crippen molar-refractivity contribution in [3.8, 4) is 5.75 Å². The maximum atomic E-state index is 13.9. The lowest BCUT2D eigenvalue weighted by molar-refractivity contribution is -0.0684. The third-order valence-electron chi connectivity index (χ3n) is 3.71. The molecule has 0 aromatic heterocycles. The Morgan fingerprint density at radius 3 is 3.11 bits per heavy atom. The molecule has 0 aliphatic carbocycles. The molecule has 0 radical (unpaired) electrons. The summed E-state index contributed by atoms with van der Waals surface area (Å²) in [5, 5.41) is 3.94. The Morgan fingerprint density at radius 1 is 1.61 bits per heavy atom. The first kappa shape index (κ1) is 11.7. The lowest BCUT2D eigenvalue weighted by atomic mass is 9.90. The van der Waals surface area contributed by atoms with Crippen LogP contribution in [0.4, 0.5) is 4.39 Å². The van der Waals surface area contributed by atoms with Crippen LogP contribution in [-0.4, -0.2) is 22.3 Å². The number of fused-ring (bicyclic) bond motifs is 4. The van der Waals surface area contributed by atoms with Crippen molar-refractivity contribution in [3.05, 3.63) is 29.6 Å². The Balaban J connectivity index is 2.12. The zero-order valence-electron chi connectivity index (χ0n) is 10.4. The van der Waals surface area contributed by atoms with Crippen molar-refractivity contribution < 1.29 is 9.13 Å². The molecule has 2 heterocycles. The fraction of sp³-hybridized carbons (Fsp3) is 0.462. The first-order valence-electron chi connectivity index (χ1n) is 6.11. The number of hydrogen-bond acceptors (Lipinski definition) is 2. The highest BCUT2D eigenvalue weighted by atomic mass is 32.1. The Hall–Kier alpha value is -1.36. The van der Waals surface area contributed by atoms with Crippen LogP contribution in [0.25, 0.3) is 0 Å². The van der Waals surface area contributed by atoms with Crippen LogP contribution in [0.1, 0.15) is 31.9 Å². The van der Waals surface area contributed by atoms with Gasteiger partial charge >= 0.3 is 0 Å². The minimum atomic E-state index is -0.559. The molecule has 5 heteroatoms. The van der Waals surface area contributed by atoms with Gasteiger partial charge in [-0.3, -0.25) is 0 Å². The van der Waals surface area contributed by atoms with Gasteiger partial charge in [-0.1, -0.05) is 12.1 Å². The Kier molecular flexibility index (Phi) is 2.48. The van der Waals surface area contributed by atoms with Crippen LogP contribution in [0.3, 0.4) is 0 Å². The van der Waals surface area contributed by atoms with E-state index in [1.807, 2.05) is 24.8 Å². The van der Waals surface area contributed by atoms with Crippen molar-refractivity contribution in [1.29, 1.82) is 0 Å². The first-order chi connectivity index (χ1) is 8.55. The van der Waals surface area contributed by atoms with Crippen LogP contribution in [0, 0.1) is 5.82 Å². The van der Waals surface area contributed by atoms with Gasteiger partial charge in [-0.15, -0.1) is 0 Å². The summed E-state index contributed by atoms with van der Waals surface area (Å²) in [6, 6.07) is 5.05. The van der Waals surface area contributed by atoms with Gasteiger partial charge in [0.1, 0.15) is 0 Å². The summed E-state index contributed by atoms with van der Waals surface area (Å²) in [6.07, 6.45) is 0.761. The second kappa shape index (κ2) is 3.82. The zero-order chi connectivity index (χ0) is 12.9. The summed E-state index contributed by atoms with van der Waals surface area (Å²) >= 11 is 5.36. The lowest BCUT2D eigenvalue weighted by Crippen LogP contribution is -2.64. The van der Waals surface area contributed by atoms with Crippen molar-refractivity contribution in [2.75, 3.05) is 6.54 Å². The molecule has 18 heavy (non-hydrogen) atoms. The molecule has 2 aliphatic heterocycles. The second-order valence-electron chi connectivity index (χ2n) is 4.89. The van der Waals surface area contributed by atoms with Crippen molar-refractivity contribution in [2.45, 2.75) is 32.0 Å². The standard InChI is InChI=1S/C13H15FN2OS/c1-3-16-12(18)15-10-7-13(16,2)17-11-8(10)5-4-6-9(11)14/h4-6,10H,3,7H2,1-2H3,(H,15,18). The normalized spacial score (nSPS) is 29.4. The SMILES string of the molecule is CCN1C(=S)NC2CC1(C)Oc1c(F)cccc12. The molecular weight excluding hydrogens is 251 g/mol. The quantitative estimate of drug-likeness (QED) is 0.790. The highest BCUT2D eigenvalue weighted by Gasteiger charge is 2.47. The largest absolute Gasteiger partial charge is 0.465 e.